The van der Waals surface area contributed by atoms with Crippen LogP contribution in [0.15, 0.2) is 64.2 Å². The van der Waals surface area contributed by atoms with Crippen molar-refractivity contribution < 1.29 is 26.9 Å². The summed E-state index contributed by atoms with van der Waals surface area (Å²) in [4.78, 5) is 45.0. The maximum atomic E-state index is 11.2. The first-order chi connectivity index (χ1) is 14.6. The molecule has 0 amide bonds. The normalized spacial score (nSPS) is 9.21. The molecule has 0 bridgehead atoms. The molecule has 0 spiro atoms. The fourth-order valence-corrected chi connectivity index (χ4v) is 2.57. The molecule has 33 heavy (non-hydrogen) atoms. The summed E-state index contributed by atoms with van der Waals surface area (Å²) in [5.74, 6) is -0.575. The number of aromatic amines is 2. The van der Waals surface area contributed by atoms with Gasteiger partial charge in [0.1, 0.15) is 5.75 Å². The molecule has 14 nitrogen and oxygen atoms in total. The van der Waals surface area contributed by atoms with Crippen LogP contribution in [-0.4, -0.2) is 35.4 Å². The lowest BCUT2D eigenvalue weighted by Crippen LogP contribution is -2.11. The van der Waals surface area contributed by atoms with Crippen molar-refractivity contribution in [2.24, 2.45) is 0 Å². The van der Waals surface area contributed by atoms with Crippen molar-refractivity contribution in [3.63, 3.8) is 0 Å². The maximum Gasteiger partial charge on any atom is 0.375 e. The largest absolute Gasteiger partial charge is 0.507 e. The molecule has 2 aromatic carbocycles. The minimum absolute atomic E-state index is 0. The predicted octanol–water partition coefficient (Wildman–Crippen LogP) is 2.86. The van der Waals surface area contributed by atoms with Gasteiger partial charge in [-0.15, -0.1) is 22.5 Å². The third-order valence-electron chi connectivity index (χ3n) is 3.78. The van der Waals surface area contributed by atoms with E-state index >= 15 is 0 Å². The van der Waals surface area contributed by atoms with Gasteiger partial charge < -0.3 is 31.5 Å². The number of benzene rings is 2. The minimum Gasteiger partial charge on any atom is -0.507 e. The molecule has 0 saturated heterocycles. The van der Waals surface area contributed by atoms with E-state index in [1.54, 1.807) is 42.5 Å². The third kappa shape index (κ3) is 7.20. The highest BCUT2D eigenvalue weighted by Crippen LogP contribution is 2.28. The van der Waals surface area contributed by atoms with Gasteiger partial charge >= 0.3 is 11.2 Å². The van der Waals surface area contributed by atoms with Gasteiger partial charge in [0, 0.05) is 18.3 Å². The smallest absolute Gasteiger partial charge is 0.375 e. The topological polar surface area (TPSA) is 248 Å². The fourth-order valence-electron chi connectivity index (χ4n) is 2.57. The molecule has 0 fully saturated rings. The van der Waals surface area contributed by atoms with E-state index in [9.17, 15) is 29.9 Å². The van der Waals surface area contributed by atoms with Crippen molar-refractivity contribution >= 4 is 39.9 Å². The van der Waals surface area contributed by atoms with Gasteiger partial charge in [0.2, 0.25) is 5.75 Å². The predicted molar refractivity (Wildman–Crippen MR) is 122 cm³/mol. The Labute approximate surface area is 190 Å². The molecule has 0 unspecified atom stereocenters. The molecular weight excluding hydrogens is 466 g/mol. The summed E-state index contributed by atoms with van der Waals surface area (Å²) < 4.78 is 0. The Hall–Kier alpha value is -4.69. The van der Waals surface area contributed by atoms with Gasteiger partial charge in [0.25, 0.3) is 10.6 Å². The van der Waals surface area contributed by atoms with Crippen molar-refractivity contribution in [2.75, 3.05) is 0 Å². The molecule has 8 N–H and O–H groups in total. The number of H-pyrrole nitrogens is 2. The second kappa shape index (κ2) is 12.2. The third-order valence-corrected chi connectivity index (χ3v) is 3.78. The summed E-state index contributed by atoms with van der Waals surface area (Å²) in [6, 6.07) is 14.6. The summed E-state index contributed by atoms with van der Waals surface area (Å²) in [5.41, 5.74) is -0.996. The molecule has 2 aromatic heterocycles. The van der Waals surface area contributed by atoms with Gasteiger partial charge in [-0.1, -0.05) is 24.3 Å². The van der Waals surface area contributed by atoms with Crippen LogP contribution < -0.4 is 17.3 Å². The number of para-hydroxylation sites is 2. The van der Waals surface area contributed by atoms with Gasteiger partial charge in [-0.25, -0.2) is 0 Å². The lowest BCUT2D eigenvalue weighted by molar-refractivity contribution is -0.742. The number of hydrogen-bond acceptors (Lipinski definition) is 9. The van der Waals surface area contributed by atoms with Crippen molar-refractivity contribution in [1.82, 2.24) is 16.1 Å². The van der Waals surface area contributed by atoms with Crippen LogP contribution >= 0.6 is 12.4 Å². The van der Waals surface area contributed by atoms with Crippen LogP contribution in [0.25, 0.3) is 21.8 Å². The van der Waals surface area contributed by atoms with Crippen molar-refractivity contribution in [3.05, 3.63) is 95.5 Å². The Kier molecular flexibility index (Phi) is 10.5. The van der Waals surface area contributed by atoms with E-state index < -0.39 is 27.0 Å². The first kappa shape index (κ1) is 28.3. The van der Waals surface area contributed by atoms with Crippen LogP contribution in [0.3, 0.4) is 0 Å². The van der Waals surface area contributed by atoms with Crippen molar-refractivity contribution in [1.29, 1.82) is 0 Å². The second-order valence-electron chi connectivity index (χ2n) is 5.76. The van der Waals surface area contributed by atoms with E-state index in [0.29, 0.717) is 16.4 Å². The molecule has 0 saturated carbocycles. The van der Waals surface area contributed by atoms with Crippen LogP contribution in [-0.2, 0) is 0 Å². The van der Waals surface area contributed by atoms with Crippen LogP contribution in [0.5, 0.6) is 11.5 Å². The van der Waals surface area contributed by atoms with E-state index in [0.717, 1.165) is 0 Å². The molecule has 0 aliphatic rings. The number of aromatic nitrogens is 2. The van der Waals surface area contributed by atoms with Crippen LogP contribution in [0.4, 0.5) is 5.69 Å². The van der Waals surface area contributed by atoms with Crippen molar-refractivity contribution in [3.8, 4) is 11.5 Å². The van der Waals surface area contributed by atoms with E-state index in [4.69, 9.17) is 15.3 Å². The zero-order valence-electron chi connectivity index (χ0n) is 16.5. The van der Waals surface area contributed by atoms with Gasteiger partial charge in [0.15, 0.2) is 0 Å². The quantitative estimate of drug-likeness (QED) is 0.169. The molecule has 15 heteroatoms. The summed E-state index contributed by atoms with van der Waals surface area (Å²) in [6.07, 6.45) is 0. The highest BCUT2D eigenvalue weighted by atomic mass is 35.5. The Bertz CT molecular complexity index is 1390. The molecule has 0 atom stereocenters. The van der Waals surface area contributed by atoms with E-state index in [-0.39, 0.29) is 36.7 Å². The molecule has 0 aliphatic carbocycles. The lowest BCUT2D eigenvalue weighted by Gasteiger charge is -2.00. The number of fused-ring (bicyclic) bond motifs is 2. The first-order valence-electron chi connectivity index (χ1n) is 8.24. The lowest BCUT2D eigenvalue weighted by atomic mass is 10.2. The number of pyridine rings is 2. The molecule has 4 aromatic rings. The van der Waals surface area contributed by atoms with Gasteiger partial charge in [-0.3, -0.25) is 19.7 Å². The number of hydrogen-bond donors (Lipinski definition) is 6. The summed E-state index contributed by atoms with van der Waals surface area (Å²) in [5, 5.41) is 43.9. The monoisotopic (exact) mass is 487 g/mol. The number of nitrogens with zero attached hydrogens (tertiary/aromatic N) is 2. The SMILES string of the molecule is Cl.N.O=[N+]([O-])O.O=c1[nH]c2ccccc2c(O)c1[N+](=O)[O-].O=c1cc(O)c2ccccc2[nH]1.[3HH]. The standard InChI is InChI=1S/C9H6N2O4.C9H7NO2.ClH.HNO3.H3N.H2/c12-8-5-3-1-2-4-6(5)10-9(13)7(8)11(14)15;11-8-5-9(12)10-7-4-2-1-3-6(7)8;;2-1(3)4;;/h1-4H,(H2,10,12,13);1-5H,(H2,10,11,12);1H;(H,2,3,4);1H3;1H/i;;;;;1+2. The second-order valence-corrected chi connectivity index (χ2v) is 5.76. The fraction of sp³-hybridized carbons (Fsp3) is 0. The van der Waals surface area contributed by atoms with Gasteiger partial charge in [0.05, 0.1) is 16.0 Å². The summed E-state index contributed by atoms with van der Waals surface area (Å²) in [7, 11) is 0. The molecule has 4 rings (SSSR count). The highest BCUT2D eigenvalue weighted by Gasteiger charge is 2.21. The van der Waals surface area contributed by atoms with Gasteiger partial charge in [-0.2, -0.15) is 0 Å². The Morgan fingerprint density at radius 2 is 1.30 bits per heavy atom. The molecular formula is C18H20ClN5O9. The van der Waals surface area contributed by atoms with E-state index in [1.165, 1.54) is 12.1 Å². The Balaban J connectivity index is 0. The molecule has 178 valence electrons. The Morgan fingerprint density at radius 1 is 0.848 bits per heavy atom. The number of nitrogens with one attached hydrogen (secondary N) is 2. The van der Waals surface area contributed by atoms with Crippen LogP contribution in [0.2, 0.25) is 0 Å². The van der Waals surface area contributed by atoms with Gasteiger partial charge in [-0.05, 0) is 24.3 Å². The average molecular weight is 488 g/mol. The summed E-state index contributed by atoms with van der Waals surface area (Å²) in [6.45, 7) is 0. The molecule has 0 aliphatic heterocycles. The molecule has 0 radical (unpaired) electrons. The van der Waals surface area contributed by atoms with E-state index in [2.05, 4.69) is 9.97 Å². The minimum atomic E-state index is -1.50. The zero-order valence-corrected chi connectivity index (χ0v) is 17.3. The average Bonchev–Trinajstić information content (AvgIpc) is 2.67. The van der Waals surface area contributed by atoms with E-state index in [1.807, 2.05) is 0 Å². The number of aromatic hydroxyl groups is 2. The number of halogens is 1. The number of nitro groups is 1. The maximum absolute atomic E-state index is 11.2. The first-order valence-corrected chi connectivity index (χ1v) is 8.24. The highest BCUT2D eigenvalue weighted by molar-refractivity contribution is 5.88. The van der Waals surface area contributed by atoms with Crippen molar-refractivity contribution in [2.45, 2.75) is 0 Å². The summed E-state index contributed by atoms with van der Waals surface area (Å²) >= 11 is 0. The zero-order chi connectivity index (χ0) is 23.1. The molecule has 2 heterocycles. The Morgan fingerprint density at radius 3 is 1.82 bits per heavy atom. The van der Waals surface area contributed by atoms with Crippen LogP contribution in [0.1, 0.15) is 1.43 Å². The van der Waals surface area contributed by atoms with Crippen LogP contribution in [0, 0.1) is 20.2 Å². The number of rotatable bonds is 1.